The third kappa shape index (κ3) is 4.01. The van der Waals surface area contributed by atoms with Gasteiger partial charge in [-0.1, -0.05) is 15.9 Å². The van der Waals surface area contributed by atoms with Crippen LogP contribution < -0.4 is 5.73 Å². The Hall–Kier alpha value is -0.160. The highest BCUT2D eigenvalue weighted by Crippen LogP contribution is 2.25. The largest absolute Gasteiger partial charge is 0.396 e. The number of hydrogen-bond acceptors (Lipinski definition) is 2. The Morgan fingerprint density at radius 3 is 2.69 bits per heavy atom. The zero-order valence-electron chi connectivity index (χ0n) is 9.04. The minimum absolute atomic E-state index is 0. The van der Waals surface area contributed by atoms with Gasteiger partial charge in [0.2, 0.25) is 0 Å². The molecule has 0 amide bonds. The quantitative estimate of drug-likeness (QED) is 0.897. The summed E-state index contributed by atoms with van der Waals surface area (Å²) in [6.07, 6.45) is 1.18. The highest BCUT2D eigenvalue weighted by atomic mass is 79.9. The molecule has 0 spiro atoms. The summed E-state index contributed by atoms with van der Waals surface area (Å²) in [5, 5.41) is 8.68. The van der Waals surface area contributed by atoms with E-state index in [4.69, 9.17) is 10.8 Å². The SMILES string of the molecule is Cc1cc(Br)cc([C@@H](N)CCCO)c1F.Cl. The van der Waals surface area contributed by atoms with E-state index >= 15 is 0 Å². The number of benzene rings is 1. The van der Waals surface area contributed by atoms with Gasteiger partial charge in [0.1, 0.15) is 5.82 Å². The second-order valence-corrected chi connectivity index (χ2v) is 4.51. The van der Waals surface area contributed by atoms with Gasteiger partial charge in [-0.2, -0.15) is 0 Å². The smallest absolute Gasteiger partial charge is 0.130 e. The Bertz CT molecular complexity index is 349. The summed E-state index contributed by atoms with van der Waals surface area (Å²) in [6.45, 7) is 1.80. The first-order valence-corrected chi connectivity index (χ1v) is 5.67. The molecule has 0 fully saturated rings. The molecule has 0 bridgehead atoms. The standard InChI is InChI=1S/C11H15BrFNO.ClH/c1-7-5-8(12)6-9(11(7)13)10(14)3-2-4-15;/h5-6,10,15H,2-4,14H2,1H3;1H/t10-;/m0./s1. The van der Waals surface area contributed by atoms with Crippen LogP contribution in [0.3, 0.4) is 0 Å². The molecule has 1 aromatic rings. The number of rotatable bonds is 4. The van der Waals surface area contributed by atoms with Gasteiger partial charge in [-0.15, -0.1) is 12.4 Å². The summed E-state index contributed by atoms with van der Waals surface area (Å²) < 4.78 is 14.5. The Kier molecular flexibility index (Phi) is 7.15. The highest BCUT2D eigenvalue weighted by Gasteiger charge is 2.13. The van der Waals surface area contributed by atoms with Crippen molar-refractivity contribution in [2.75, 3.05) is 6.61 Å². The Labute approximate surface area is 110 Å². The summed E-state index contributed by atoms with van der Waals surface area (Å²) in [4.78, 5) is 0. The lowest BCUT2D eigenvalue weighted by atomic mass is 10.0. The van der Waals surface area contributed by atoms with Crippen LogP contribution in [0.4, 0.5) is 4.39 Å². The summed E-state index contributed by atoms with van der Waals surface area (Å²) in [5.41, 5.74) is 6.94. The predicted octanol–water partition coefficient (Wildman–Crippen LogP) is 3.09. The van der Waals surface area contributed by atoms with Crippen molar-refractivity contribution in [2.24, 2.45) is 5.73 Å². The lowest BCUT2D eigenvalue weighted by molar-refractivity contribution is 0.279. The van der Waals surface area contributed by atoms with Crippen LogP contribution in [0.25, 0.3) is 0 Å². The normalized spacial score (nSPS) is 12.1. The van der Waals surface area contributed by atoms with Gasteiger partial charge in [-0.05, 0) is 37.5 Å². The van der Waals surface area contributed by atoms with E-state index in [2.05, 4.69) is 15.9 Å². The van der Waals surface area contributed by atoms with Crippen molar-refractivity contribution < 1.29 is 9.50 Å². The zero-order valence-corrected chi connectivity index (χ0v) is 11.4. The summed E-state index contributed by atoms with van der Waals surface area (Å²) in [5.74, 6) is -0.247. The lowest BCUT2D eigenvalue weighted by Crippen LogP contribution is -2.13. The summed E-state index contributed by atoms with van der Waals surface area (Å²) in [6, 6.07) is 3.07. The van der Waals surface area contributed by atoms with Crippen molar-refractivity contribution in [2.45, 2.75) is 25.8 Å². The molecule has 5 heteroatoms. The van der Waals surface area contributed by atoms with Gasteiger partial charge in [-0.3, -0.25) is 0 Å². The van der Waals surface area contributed by atoms with Crippen LogP contribution in [0.2, 0.25) is 0 Å². The zero-order chi connectivity index (χ0) is 11.4. The molecule has 0 aliphatic rings. The fraction of sp³-hybridized carbons (Fsp3) is 0.455. The predicted molar refractivity (Wildman–Crippen MR) is 69.3 cm³/mol. The van der Waals surface area contributed by atoms with Crippen LogP contribution in [0.15, 0.2) is 16.6 Å². The van der Waals surface area contributed by atoms with Gasteiger partial charge in [0.15, 0.2) is 0 Å². The van der Waals surface area contributed by atoms with E-state index in [-0.39, 0.29) is 30.9 Å². The van der Waals surface area contributed by atoms with Gasteiger partial charge < -0.3 is 10.8 Å². The van der Waals surface area contributed by atoms with Crippen molar-refractivity contribution >= 4 is 28.3 Å². The number of aliphatic hydroxyl groups is 1. The Morgan fingerprint density at radius 1 is 1.50 bits per heavy atom. The molecule has 3 N–H and O–H groups in total. The van der Waals surface area contributed by atoms with Crippen molar-refractivity contribution in [1.29, 1.82) is 0 Å². The van der Waals surface area contributed by atoms with E-state index in [1.54, 1.807) is 19.1 Å². The van der Waals surface area contributed by atoms with E-state index in [1.807, 2.05) is 0 Å². The molecule has 0 heterocycles. The number of nitrogens with two attached hydrogens (primary N) is 1. The Balaban J connectivity index is 0.00000225. The molecule has 0 unspecified atom stereocenters. The number of hydrogen-bond donors (Lipinski definition) is 2. The van der Waals surface area contributed by atoms with Crippen LogP contribution >= 0.6 is 28.3 Å². The molecule has 0 saturated heterocycles. The average Bonchev–Trinajstić information content (AvgIpc) is 2.19. The first kappa shape index (κ1) is 15.8. The van der Waals surface area contributed by atoms with Crippen LogP contribution in [-0.2, 0) is 0 Å². The fourth-order valence-electron chi connectivity index (χ4n) is 1.49. The lowest BCUT2D eigenvalue weighted by Gasteiger charge is -2.14. The summed E-state index contributed by atoms with van der Waals surface area (Å²) in [7, 11) is 0. The Morgan fingerprint density at radius 2 is 2.12 bits per heavy atom. The van der Waals surface area contributed by atoms with Crippen LogP contribution in [0.1, 0.15) is 30.0 Å². The van der Waals surface area contributed by atoms with Crippen molar-refractivity contribution in [3.63, 3.8) is 0 Å². The molecule has 0 aliphatic carbocycles. The van der Waals surface area contributed by atoms with Gasteiger partial charge in [0.25, 0.3) is 0 Å². The van der Waals surface area contributed by atoms with E-state index in [0.29, 0.717) is 24.0 Å². The van der Waals surface area contributed by atoms with Crippen LogP contribution in [0.5, 0.6) is 0 Å². The van der Waals surface area contributed by atoms with E-state index < -0.39 is 0 Å². The third-order valence-corrected chi connectivity index (χ3v) is 2.78. The number of aliphatic hydroxyl groups excluding tert-OH is 1. The van der Waals surface area contributed by atoms with E-state index in [0.717, 1.165) is 4.47 Å². The maximum Gasteiger partial charge on any atom is 0.130 e. The third-order valence-electron chi connectivity index (χ3n) is 2.32. The van der Waals surface area contributed by atoms with Crippen molar-refractivity contribution in [1.82, 2.24) is 0 Å². The van der Waals surface area contributed by atoms with Crippen molar-refractivity contribution in [3.8, 4) is 0 Å². The number of halogens is 3. The summed E-state index contributed by atoms with van der Waals surface area (Å²) >= 11 is 3.31. The fourth-order valence-corrected chi connectivity index (χ4v) is 2.08. The van der Waals surface area contributed by atoms with Gasteiger partial charge in [-0.25, -0.2) is 4.39 Å². The molecule has 0 saturated carbocycles. The second kappa shape index (κ2) is 7.22. The van der Waals surface area contributed by atoms with Crippen LogP contribution in [0, 0.1) is 12.7 Å². The molecule has 1 rings (SSSR count). The first-order chi connectivity index (χ1) is 7.06. The maximum atomic E-state index is 13.7. The van der Waals surface area contributed by atoms with E-state index in [1.165, 1.54) is 0 Å². The molecular weight excluding hydrogens is 296 g/mol. The molecule has 0 aliphatic heterocycles. The first-order valence-electron chi connectivity index (χ1n) is 4.88. The molecule has 0 radical (unpaired) electrons. The maximum absolute atomic E-state index is 13.7. The van der Waals surface area contributed by atoms with Gasteiger partial charge >= 0.3 is 0 Å². The molecule has 1 atom stereocenters. The highest BCUT2D eigenvalue weighted by molar-refractivity contribution is 9.10. The molecule has 2 nitrogen and oxygen atoms in total. The van der Waals surface area contributed by atoms with Gasteiger partial charge in [0.05, 0.1) is 0 Å². The molecule has 92 valence electrons. The van der Waals surface area contributed by atoms with Crippen LogP contribution in [-0.4, -0.2) is 11.7 Å². The van der Waals surface area contributed by atoms with Gasteiger partial charge in [0, 0.05) is 22.7 Å². The molecule has 1 aromatic carbocycles. The number of aryl methyl sites for hydroxylation is 1. The minimum atomic E-state index is -0.353. The monoisotopic (exact) mass is 311 g/mol. The molecule has 16 heavy (non-hydrogen) atoms. The topological polar surface area (TPSA) is 46.2 Å². The minimum Gasteiger partial charge on any atom is -0.396 e. The van der Waals surface area contributed by atoms with E-state index in [9.17, 15) is 4.39 Å². The average molecular weight is 313 g/mol. The second-order valence-electron chi connectivity index (χ2n) is 3.60. The van der Waals surface area contributed by atoms with Crippen molar-refractivity contribution in [3.05, 3.63) is 33.5 Å². The molecular formula is C11H16BrClFNO. The molecule has 0 aromatic heterocycles.